The quantitative estimate of drug-likeness (QED) is 0.800. The molecule has 1 amide bonds. The van der Waals surface area contributed by atoms with Gasteiger partial charge in [0, 0.05) is 17.8 Å². The van der Waals surface area contributed by atoms with E-state index in [0.717, 1.165) is 29.8 Å². The third-order valence-corrected chi connectivity index (χ3v) is 4.17. The summed E-state index contributed by atoms with van der Waals surface area (Å²) in [6.45, 7) is 3.36. The van der Waals surface area contributed by atoms with Crippen molar-refractivity contribution in [3.05, 3.63) is 65.2 Å². The van der Waals surface area contributed by atoms with Crippen LogP contribution in [0.1, 0.15) is 29.8 Å². The smallest absolute Gasteiger partial charge is 0.339 e. The number of para-hydroxylation sites is 1. The SMILES string of the molecule is C[C@H](OC(=O)c1cc(F)cc(F)c1)C(=O)N1c2ccccc2C[C@@H]1C. The molecule has 1 aliphatic rings. The van der Waals surface area contributed by atoms with E-state index >= 15 is 0 Å². The van der Waals surface area contributed by atoms with Crippen molar-refractivity contribution in [2.75, 3.05) is 4.90 Å². The Labute approximate surface area is 144 Å². The number of rotatable bonds is 3. The number of anilines is 1. The molecule has 0 fully saturated rings. The van der Waals surface area contributed by atoms with Crippen molar-refractivity contribution in [2.24, 2.45) is 0 Å². The molecule has 0 saturated carbocycles. The molecule has 2 atom stereocenters. The zero-order valence-corrected chi connectivity index (χ0v) is 13.8. The second kappa shape index (κ2) is 6.63. The Morgan fingerprint density at radius 1 is 1.16 bits per heavy atom. The molecule has 25 heavy (non-hydrogen) atoms. The highest BCUT2D eigenvalue weighted by Gasteiger charge is 2.34. The van der Waals surface area contributed by atoms with Gasteiger partial charge in [-0.05, 0) is 44.0 Å². The highest BCUT2D eigenvalue weighted by molar-refractivity contribution is 6.00. The summed E-state index contributed by atoms with van der Waals surface area (Å²) in [4.78, 5) is 26.4. The number of carbonyl (C=O) groups excluding carboxylic acids is 2. The maximum Gasteiger partial charge on any atom is 0.339 e. The fraction of sp³-hybridized carbons (Fsp3) is 0.263. The van der Waals surface area contributed by atoms with E-state index in [9.17, 15) is 18.4 Å². The van der Waals surface area contributed by atoms with E-state index in [0.29, 0.717) is 6.07 Å². The molecule has 4 nitrogen and oxygen atoms in total. The third-order valence-electron chi connectivity index (χ3n) is 4.17. The van der Waals surface area contributed by atoms with Gasteiger partial charge in [-0.2, -0.15) is 0 Å². The summed E-state index contributed by atoms with van der Waals surface area (Å²) in [5.74, 6) is -3.08. The molecule has 2 aromatic rings. The molecule has 1 aliphatic heterocycles. The summed E-state index contributed by atoms with van der Waals surface area (Å²) in [5.41, 5.74) is 1.57. The van der Waals surface area contributed by atoms with Gasteiger partial charge in [-0.15, -0.1) is 0 Å². The first-order chi connectivity index (χ1) is 11.9. The molecule has 0 saturated heterocycles. The molecule has 0 radical (unpaired) electrons. The number of halogens is 2. The Bertz CT molecular complexity index is 817. The van der Waals surface area contributed by atoms with Gasteiger partial charge in [-0.1, -0.05) is 18.2 Å². The molecule has 6 heteroatoms. The van der Waals surface area contributed by atoms with E-state index in [-0.39, 0.29) is 17.5 Å². The maximum absolute atomic E-state index is 13.2. The van der Waals surface area contributed by atoms with E-state index in [1.807, 2.05) is 31.2 Å². The van der Waals surface area contributed by atoms with E-state index in [1.165, 1.54) is 6.92 Å². The lowest BCUT2D eigenvalue weighted by Crippen LogP contribution is -2.43. The van der Waals surface area contributed by atoms with Crippen LogP contribution in [-0.2, 0) is 16.0 Å². The van der Waals surface area contributed by atoms with Crippen molar-refractivity contribution in [1.82, 2.24) is 0 Å². The average Bonchev–Trinajstić information content (AvgIpc) is 2.88. The lowest BCUT2D eigenvalue weighted by molar-refractivity contribution is -0.126. The van der Waals surface area contributed by atoms with Crippen LogP contribution in [0.25, 0.3) is 0 Å². The lowest BCUT2D eigenvalue weighted by Gasteiger charge is -2.25. The first-order valence-corrected chi connectivity index (χ1v) is 7.95. The van der Waals surface area contributed by atoms with Gasteiger partial charge in [0.05, 0.1) is 5.56 Å². The molecule has 0 bridgehead atoms. The monoisotopic (exact) mass is 345 g/mol. The van der Waals surface area contributed by atoms with Crippen molar-refractivity contribution >= 4 is 17.6 Å². The number of carbonyl (C=O) groups is 2. The predicted molar refractivity (Wildman–Crippen MR) is 88.3 cm³/mol. The lowest BCUT2D eigenvalue weighted by atomic mass is 10.1. The number of amides is 1. The Morgan fingerprint density at radius 2 is 1.80 bits per heavy atom. The number of ether oxygens (including phenoxy) is 1. The van der Waals surface area contributed by atoms with Crippen LogP contribution in [0.4, 0.5) is 14.5 Å². The van der Waals surface area contributed by atoms with Crippen LogP contribution in [0.2, 0.25) is 0 Å². The standard InChI is InChI=1S/C19H17F2NO3/c1-11-7-13-5-3-4-6-17(13)22(11)18(23)12(2)25-19(24)14-8-15(20)10-16(21)9-14/h3-6,8-12H,7H2,1-2H3/t11-,12-/m0/s1. The molecular formula is C19H17F2NO3. The molecule has 3 rings (SSSR count). The predicted octanol–water partition coefficient (Wildman–Crippen LogP) is 3.49. The molecule has 130 valence electrons. The summed E-state index contributed by atoms with van der Waals surface area (Å²) in [5, 5.41) is 0. The zero-order valence-electron chi connectivity index (χ0n) is 13.8. The molecule has 0 aliphatic carbocycles. The van der Waals surface area contributed by atoms with Gasteiger partial charge in [0.2, 0.25) is 0 Å². The fourth-order valence-electron chi connectivity index (χ4n) is 3.05. The molecule has 0 aromatic heterocycles. The maximum atomic E-state index is 13.2. The van der Waals surface area contributed by atoms with Crippen LogP contribution >= 0.6 is 0 Å². The summed E-state index contributed by atoms with van der Waals surface area (Å²) >= 11 is 0. The Morgan fingerprint density at radius 3 is 2.48 bits per heavy atom. The van der Waals surface area contributed by atoms with Crippen molar-refractivity contribution in [1.29, 1.82) is 0 Å². The van der Waals surface area contributed by atoms with Crippen molar-refractivity contribution in [3.8, 4) is 0 Å². The van der Waals surface area contributed by atoms with E-state index in [4.69, 9.17) is 4.74 Å². The van der Waals surface area contributed by atoms with Crippen molar-refractivity contribution in [2.45, 2.75) is 32.4 Å². The number of hydrogen-bond donors (Lipinski definition) is 0. The Kier molecular flexibility index (Phi) is 4.53. The minimum absolute atomic E-state index is 0.0577. The van der Waals surface area contributed by atoms with Gasteiger partial charge in [-0.25, -0.2) is 13.6 Å². The van der Waals surface area contributed by atoms with Crippen LogP contribution in [0.15, 0.2) is 42.5 Å². The molecule has 0 N–H and O–H groups in total. The number of fused-ring (bicyclic) bond motifs is 1. The fourth-order valence-corrected chi connectivity index (χ4v) is 3.05. The first-order valence-electron chi connectivity index (χ1n) is 7.95. The first kappa shape index (κ1) is 17.1. The highest BCUT2D eigenvalue weighted by atomic mass is 19.1. The largest absolute Gasteiger partial charge is 0.449 e. The highest BCUT2D eigenvalue weighted by Crippen LogP contribution is 2.32. The summed E-state index contributed by atoms with van der Waals surface area (Å²) in [6.07, 6.45) is -0.357. The van der Waals surface area contributed by atoms with E-state index < -0.39 is 23.7 Å². The van der Waals surface area contributed by atoms with Gasteiger partial charge in [0.15, 0.2) is 6.10 Å². The average molecular weight is 345 g/mol. The van der Waals surface area contributed by atoms with E-state index in [1.54, 1.807) is 4.90 Å². The van der Waals surface area contributed by atoms with Crippen molar-refractivity contribution < 1.29 is 23.1 Å². The number of esters is 1. The molecule has 2 aromatic carbocycles. The second-order valence-electron chi connectivity index (χ2n) is 6.10. The molecule has 0 unspecified atom stereocenters. The summed E-state index contributed by atoms with van der Waals surface area (Å²) in [6, 6.07) is 9.88. The van der Waals surface area contributed by atoms with E-state index in [2.05, 4.69) is 0 Å². The number of benzene rings is 2. The van der Waals surface area contributed by atoms with Crippen LogP contribution in [0.5, 0.6) is 0 Å². The molecule has 0 spiro atoms. The minimum Gasteiger partial charge on any atom is -0.449 e. The van der Waals surface area contributed by atoms with Gasteiger partial charge in [0.25, 0.3) is 5.91 Å². The number of nitrogens with zero attached hydrogens (tertiary/aromatic N) is 1. The molecule has 1 heterocycles. The van der Waals surface area contributed by atoms with Gasteiger partial charge >= 0.3 is 5.97 Å². The second-order valence-corrected chi connectivity index (χ2v) is 6.10. The molecular weight excluding hydrogens is 328 g/mol. The van der Waals surface area contributed by atoms with Crippen LogP contribution in [0.3, 0.4) is 0 Å². The van der Waals surface area contributed by atoms with Gasteiger partial charge in [-0.3, -0.25) is 4.79 Å². The zero-order chi connectivity index (χ0) is 18.1. The van der Waals surface area contributed by atoms with Crippen LogP contribution in [0, 0.1) is 11.6 Å². The Balaban J connectivity index is 1.76. The van der Waals surface area contributed by atoms with Crippen LogP contribution in [-0.4, -0.2) is 24.0 Å². The van der Waals surface area contributed by atoms with Gasteiger partial charge in [0.1, 0.15) is 11.6 Å². The number of hydrogen-bond acceptors (Lipinski definition) is 3. The van der Waals surface area contributed by atoms with Crippen molar-refractivity contribution in [3.63, 3.8) is 0 Å². The third kappa shape index (κ3) is 3.38. The minimum atomic E-state index is -1.08. The van der Waals surface area contributed by atoms with Gasteiger partial charge < -0.3 is 9.64 Å². The summed E-state index contributed by atoms with van der Waals surface area (Å²) < 4.78 is 31.6. The summed E-state index contributed by atoms with van der Waals surface area (Å²) in [7, 11) is 0. The topological polar surface area (TPSA) is 46.6 Å². The normalized spacial score (nSPS) is 17.1. The Hall–Kier alpha value is -2.76. The van der Waals surface area contributed by atoms with Crippen LogP contribution < -0.4 is 4.90 Å².